The van der Waals surface area contributed by atoms with Crippen molar-refractivity contribution in [2.75, 3.05) is 11.4 Å². The summed E-state index contributed by atoms with van der Waals surface area (Å²) in [4.78, 5) is 25.0. The molecule has 1 amide bonds. The molecule has 6 heteroatoms. The summed E-state index contributed by atoms with van der Waals surface area (Å²) in [5.74, 6) is 0.969. The average Bonchev–Trinajstić information content (AvgIpc) is 3.25. The number of furan rings is 1. The van der Waals surface area contributed by atoms with E-state index in [2.05, 4.69) is 0 Å². The highest BCUT2D eigenvalue weighted by atomic mass is 16.6. The Morgan fingerprint density at radius 3 is 2.70 bits per heavy atom. The van der Waals surface area contributed by atoms with Crippen molar-refractivity contribution >= 4 is 28.9 Å². The first-order valence-electron chi connectivity index (χ1n) is 8.56. The molecule has 1 aliphatic rings. The second kappa shape index (κ2) is 6.57. The molecule has 0 atom stereocenters. The van der Waals surface area contributed by atoms with E-state index < -0.39 is 4.92 Å². The van der Waals surface area contributed by atoms with Crippen LogP contribution in [0.5, 0.6) is 0 Å². The predicted molar refractivity (Wildman–Crippen MR) is 103 cm³/mol. The van der Waals surface area contributed by atoms with E-state index in [0.717, 1.165) is 11.3 Å². The van der Waals surface area contributed by atoms with Crippen LogP contribution in [-0.2, 0) is 4.79 Å². The lowest BCUT2D eigenvalue weighted by molar-refractivity contribution is -0.384. The highest BCUT2D eigenvalue weighted by Gasteiger charge is 2.31. The number of hydrogen-bond donors (Lipinski definition) is 0. The molecule has 6 nitrogen and oxygen atoms in total. The minimum absolute atomic E-state index is 0.00212. The first-order valence-corrected chi connectivity index (χ1v) is 8.56. The lowest BCUT2D eigenvalue weighted by Crippen LogP contribution is -2.25. The number of nitro groups is 1. The van der Waals surface area contributed by atoms with Crippen LogP contribution in [0.4, 0.5) is 11.4 Å². The van der Waals surface area contributed by atoms with Gasteiger partial charge in [-0.3, -0.25) is 14.9 Å². The summed E-state index contributed by atoms with van der Waals surface area (Å²) >= 11 is 0. The van der Waals surface area contributed by atoms with Gasteiger partial charge in [-0.25, -0.2) is 0 Å². The molecule has 0 saturated carbocycles. The zero-order valence-corrected chi connectivity index (χ0v) is 14.6. The standard InChI is InChI=1S/C21H16N2O4/c1-2-22-19-9-4-3-8-17(19)18(21(22)24)13-16-10-11-20(27-16)14-6-5-7-15(12-14)23(25)26/h3-13H,2H2,1H3/b18-13+. The number of carbonyl (C=O) groups excluding carboxylic acids is 1. The molecule has 0 fully saturated rings. The van der Waals surface area contributed by atoms with Crippen molar-refractivity contribution in [2.24, 2.45) is 0 Å². The quantitative estimate of drug-likeness (QED) is 0.382. The molecule has 0 spiro atoms. The first-order chi connectivity index (χ1) is 13.1. The number of amides is 1. The SMILES string of the molecule is CCN1C(=O)/C(=C/c2ccc(-c3cccc([N+](=O)[O-])c3)o2)c2ccccc21. The van der Waals surface area contributed by atoms with Crippen LogP contribution in [-0.4, -0.2) is 17.4 Å². The Morgan fingerprint density at radius 2 is 1.93 bits per heavy atom. The van der Waals surface area contributed by atoms with Crippen LogP contribution in [0.15, 0.2) is 65.1 Å². The number of carbonyl (C=O) groups is 1. The first kappa shape index (κ1) is 16.8. The number of benzene rings is 2. The fraction of sp³-hybridized carbons (Fsp3) is 0.0952. The summed E-state index contributed by atoms with van der Waals surface area (Å²) in [6.45, 7) is 2.52. The molecule has 3 aromatic rings. The third kappa shape index (κ3) is 2.91. The second-order valence-electron chi connectivity index (χ2n) is 6.13. The highest BCUT2D eigenvalue weighted by Crippen LogP contribution is 2.38. The molecule has 0 N–H and O–H groups in total. The molecule has 0 unspecified atom stereocenters. The van der Waals surface area contributed by atoms with Crippen LogP contribution >= 0.6 is 0 Å². The van der Waals surface area contributed by atoms with E-state index in [4.69, 9.17) is 4.42 Å². The van der Waals surface area contributed by atoms with E-state index in [1.807, 2.05) is 31.2 Å². The van der Waals surface area contributed by atoms with Crippen molar-refractivity contribution in [3.63, 3.8) is 0 Å². The number of hydrogen-bond acceptors (Lipinski definition) is 4. The van der Waals surface area contributed by atoms with Crippen LogP contribution in [0.2, 0.25) is 0 Å². The van der Waals surface area contributed by atoms with E-state index in [0.29, 0.717) is 29.2 Å². The van der Waals surface area contributed by atoms with Crippen LogP contribution < -0.4 is 4.90 Å². The van der Waals surface area contributed by atoms with Gasteiger partial charge in [-0.1, -0.05) is 30.3 Å². The van der Waals surface area contributed by atoms with Crippen molar-refractivity contribution in [3.05, 3.63) is 82.1 Å². The van der Waals surface area contributed by atoms with Crippen LogP contribution in [0.25, 0.3) is 23.0 Å². The maximum atomic E-state index is 12.7. The second-order valence-corrected chi connectivity index (χ2v) is 6.13. The van der Waals surface area contributed by atoms with Crippen LogP contribution in [0.3, 0.4) is 0 Å². The number of fused-ring (bicyclic) bond motifs is 1. The van der Waals surface area contributed by atoms with Gasteiger partial charge in [-0.15, -0.1) is 0 Å². The van der Waals surface area contributed by atoms with Gasteiger partial charge in [0, 0.05) is 29.8 Å². The van der Waals surface area contributed by atoms with E-state index in [-0.39, 0.29) is 11.6 Å². The van der Waals surface area contributed by atoms with Crippen LogP contribution in [0, 0.1) is 10.1 Å². The molecule has 2 aromatic carbocycles. The maximum Gasteiger partial charge on any atom is 0.270 e. The zero-order chi connectivity index (χ0) is 19.0. The molecule has 1 aromatic heterocycles. The third-order valence-corrected chi connectivity index (χ3v) is 4.53. The molecular formula is C21H16N2O4. The highest BCUT2D eigenvalue weighted by molar-refractivity contribution is 6.35. The van der Waals surface area contributed by atoms with E-state index in [1.165, 1.54) is 12.1 Å². The van der Waals surface area contributed by atoms with Gasteiger partial charge < -0.3 is 9.32 Å². The van der Waals surface area contributed by atoms with Crippen molar-refractivity contribution in [2.45, 2.75) is 6.92 Å². The Labute approximate surface area is 155 Å². The Bertz CT molecular complexity index is 1080. The largest absolute Gasteiger partial charge is 0.457 e. The molecule has 134 valence electrons. The van der Waals surface area contributed by atoms with Gasteiger partial charge in [0.2, 0.25) is 0 Å². The Morgan fingerprint density at radius 1 is 1.11 bits per heavy atom. The van der Waals surface area contributed by atoms with Gasteiger partial charge in [0.25, 0.3) is 11.6 Å². The molecule has 27 heavy (non-hydrogen) atoms. The van der Waals surface area contributed by atoms with Crippen molar-refractivity contribution < 1.29 is 14.1 Å². The van der Waals surface area contributed by atoms with E-state index >= 15 is 0 Å². The number of likely N-dealkylation sites (N-methyl/N-ethyl adjacent to an activating group) is 1. The van der Waals surface area contributed by atoms with Crippen molar-refractivity contribution in [1.82, 2.24) is 0 Å². The summed E-state index contributed by atoms with van der Waals surface area (Å²) in [5, 5.41) is 11.0. The number of anilines is 1. The molecule has 1 aliphatic heterocycles. The van der Waals surface area contributed by atoms with E-state index in [9.17, 15) is 14.9 Å². The average molecular weight is 360 g/mol. The Kier molecular flexibility index (Phi) is 4.08. The number of rotatable bonds is 4. The number of nitrogens with zero attached hydrogens (tertiary/aromatic N) is 2. The molecule has 4 rings (SSSR count). The molecular weight excluding hydrogens is 344 g/mol. The fourth-order valence-corrected chi connectivity index (χ4v) is 3.26. The smallest absolute Gasteiger partial charge is 0.270 e. The number of para-hydroxylation sites is 1. The minimum atomic E-state index is -0.442. The monoisotopic (exact) mass is 360 g/mol. The molecule has 0 bridgehead atoms. The Balaban J connectivity index is 1.71. The molecule has 0 saturated heterocycles. The lowest BCUT2D eigenvalue weighted by atomic mass is 10.1. The predicted octanol–water partition coefficient (Wildman–Crippen LogP) is 4.76. The fourth-order valence-electron chi connectivity index (χ4n) is 3.26. The maximum absolute atomic E-state index is 12.7. The topological polar surface area (TPSA) is 76.6 Å². The molecule has 2 heterocycles. The molecule has 0 aliphatic carbocycles. The van der Waals surface area contributed by atoms with Gasteiger partial charge in [0.1, 0.15) is 11.5 Å². The summed E-state index contributed by atoms with van der Waals surface area (Å²) in [6, 6.07) is 17.4. The van der Waals surface area contributed by atoms with Gasteiger partial charge in [0.15, 0.2) is 0 Å². The third-order valence-electron chi connectivity index (χ3n) is 4.53. The van der Waals surface area contributed by atoms with E-state index in [1.54, 1.807) is 35.2 Å². The van der Waals surface area contributed by atoms with Gasteiger partial charge in [0.05, 0.1) is 16.2 Å². The minimum Gasteiger partial charge on any atom is -0.457 e. The number of non-ortho nitro benzene ring substituents is 1. The molecule has 0 radical (unpaired) electrons. The summed E-state index contributed by atoms with van der Waals surface area (Å²) in [7, 11) is 0. The van der Waals surface area contributed by atoms with Crippen LogP contribution in [0.1, 0.15) is 18.2 Å². The number of nitro benzene ring substituents is 1. The summed E-state index contributed by atoms with van der Waals surface area (Å²) < 4.78 is 5.83. The lowest BCUT2D eigenvalue weighted by Gasteiger charge is -2.13. The normalized spacial score (nSPS) is 14.6. The van der Waals surface area contributed by atoms with Gasteiger partial charge in [-0.2, -0.15) is 0 Å². The zero-order valence-electron chi connectivity index (χ0n) is 14.6. The van der Waals surface area contributed by atoms with Gasteiger partial charge in [-0.05, 0) is 31.2 Å². The Hall–Kier alpha value is -3.67. The van der Waals surface area contributed by atoms with Crippen molar-refractivity contribution in [3.8, 4) is 11.3 Å². The van der Waals surface area contributed by atoms with Gasteiger partial charge >= 0.3 is 0 Å². The summed E-state index contributed by atoms with van der Waals surface area (Å²) in [5.41, 5.74) is 2.95. The summed E-state index contributed by atoms with van der Waals surface area (Å²) in [6.07, 6.45) is 1.72. The van der Waals surface area contributed by atoms with Crippen molar-refractivity contribution in [1.29, 1.82) is 0 Å².